The summed E-state index contributed by atoms with van der Waals surface area (Å²) in [6.07, 6.45) is 2.26. The Kier molecular flexibility index (Phi) is 3.09. The molecule has 1 saturated heterocycles. The maximum absolute atomic E-state index is 9.43. The van der Waals surface area contributed by atoms with Crippen molar-refractivity contribution in [2.75, 3.05) is 11.9 Å². The van der Waals surface area contributed by atoms with E-state index in [1.54, 1.807) is 23.5 Å². The molecule has 0 amide bonds. The van der Waals surface area contributed by atoms with E-state index in [0.29, 0.717) is 12.1 Å². The lowest BCUT2D eigenvalue weighted by Crippen LogP contribution is -2.41. The molecule has 0 saturated carbocycles. The Morgan fingerprint density at radius 2 is 2.39 bits per heavy atom. The predicted molar refractivity (Wildman–Crippen MR) is 75.4 cm³/mol. The molecule has 96 valence electrons. The Balaban J connectivity index is 1.78. The minimum atomic E-state index is 0.273. The van der Waals surface area contributed by atoms with Gasteiger partial charge in [-0.05, 0) is 38.4 Å². The van der Waals surface area contributed by atoms with Gasteiger partial charge in [0.2, 0.25) is 0 Å². The smallest absolute Gasteiger partial charge is 0.184 e. The molecule has 4 nitrogen and oxygen atoms in total. The summed E-state index contributed by atoms with van der Waals surface area (Å²) in [6.45, 7) is 3.27. The lowest BCUT2D eigenvalue weighted by molar-refractivity contribution is 0.396. The van der Waals surface area contributed by atoms with Gasteiger partial charge in [0.25, 0.3) is 0 Å². The summed E-state index contributed by atoms with van der Waals surface area (Å²) >= 11 is 1.65. The van der Waals surface area contributed by atoms with Gasteiger partial charge in [-0.1, -0.05) is 11.3 Å². The van der Waals surface area contributed by atoms with Crippen LogP contribution in [-0.4, -0.2) is 28.7 Å². The van der Waals surface area contributed by atoms with Crippen LogP contribution in [0.1, 0.15) is 19.8 Å². The van der Waals surface area contributed by atoms with Gasteiger partial charge in [-0.25, -0.2) is 4.98 Å². The van der Waals surface area contributed by atoms with Crippen LogP contribution in [0.2, 0.25) is 0 Å². The van der Waals surface area contributed by atoms with E-state index in [-0.39, 0.29) is 5.75 Å². The molecule has 1 aromatic carbocycles. The number of aromatic hydroxyl groups is 1. The third-order valence-electron chi connectivity index (χ3n) is 3.32. The zero-order valence-electron chi connectivity index (χ0n) is 10.3. The number of aromatic nitrogens is 1. The number of fused-ring (bicyclic) bond motifs is 1. The number of nitrogens with zero attached hydrogens (tertiary/aromatic N) is 1. The molecule has 2 unspecified atom stereocenters. The van der Waals surface area contributed by atoms with Crippen molar-refractivity contribution in [2.24, 2.45) is 0 Å². The molecule has 2 heterocycles. The molecule has 3 rings (SSSR count). The van der Waals surface area contributed by atoms with Crippen LogP contribution in [0.3, 0.4) is 0 Å². The first-order valence-corrected chi connectivity index (χ1v) is 7.12. The van der Waals surface area contributed by atoms with Crippen molar-refractivity contribution in [1.29, 1.82) is 0 Å². The second-order valence-electron chi connectivity index (χ2n) is 4.89. The quantitative estimate of drug-likeness (QED) is 0.779. The Morgan fingerprint density at radius 3 is 3.22 bits per heavy atom. The number of thiazole rings is 1. The van der Waals surface area contributed by atoms with Crippen LogP contribution in [0.15, 0.2) is 18.2 Å². The third-order valence-corrected chi connectivity index (χ3v) is 4.29. The maximum Gasteiger partial charge on any atom is 0.184 e. The number of anilines is 1. The number of nitrogens with one attached hydrogen (secondary N) is 2. The SMILES string of the molecule is CC1CC(Nc2nc3cc(O)ccc3s2)CCN1. The number of phenols is 1. The van der Waals surface area contributed by atoms with Crippen molar-refractivity contribution in [1.82, 2.24) is 10.3 Å². The van der Waals surface area contributed by atoms with Crippen molar-refractivity contribution in [2.45, 2.75) is 31.8 Å². The Morgan fingerprint density at radius 1 is 1.50 bits per heavy atom. The van der Waals surface area contributed by atoms with E-state index in [4.69, 9.17) is 0 Å². The lowest BCUT2D eigenvalue weighted by atomic mass is 10.0. The molecule has 0 radical (unpaired) electrons. The molecule has 18 heavy (non-hydrogen) atoms. The zero-order chi connectivity index (χ0) is 12.5. The number of hydrogen-bond donors (Lipinski definition) is 3. The third kappa shape index (κ3) is 2.42. The number of hydrogen-bond acceptors (Lipinski definition) is 5. The van der Waals surface area contributed by atoms with Crippen molar-refractivity contribution in [3.05, 3.63) is 18.2 Å². The van der Waals surface area contributed by atoms with E-state index in [9.17, 15) is 5.11 Å². The highest BCUT2D eigenvalue weighted by atomic mass is 32.1. The summed E-state index contributed by atoms with van der Waals surface area (Å²) in [7, 11) is 0. The van der Waals surface area contributed by atoms with E-state index in [2.05, 4.69) is 22.5 Å². The van der Waals surface area contributed by atoms with Crippen LogP contribution in [0.4, 0.5) is 5.13 Å². The van der Waals surface area contributed by atoms with Crippen LogP contribution in [0.5, 0.6) is 5.75 Å². The lowest BCUT2D eigenvalue weighted by Gasteiger charge is -2.28. The molecule has 1 aromatic heterocycles. The Hall–Kier alpha value is -1.33. The predicted octanol–water partition coefficient (Wildman–Crippen LogP) is 2.55. The van der Waals surface area contributed by atoms with Crippen molar-refractivity contribution in [3.8, 4) is 5.75 Å². The van der Waals surface area contributed by atoms with E-state index in [1.165, 1.54) is 0 Å². The molecular weight excluding hydrogens is 246 g/mol. The van der Waals surface area contributed by atoms with Gasteiger partial charge >= 0.3 is 0 Å². The Bertz CT molecular complexity index is 554. The van der Waals surface area contributed by atoms with E-state index in [0.717, 1.165) is 34.7 Å². The fourth-order valence-corrected chi connectivity index (χ4v) is 3.34. The van der Waals surface area contributed by atoms with Crippen LogP contribution in [0.25, 0.3) is 10.2 Å². The largest absolute Gasteiger partial charge is 0.508 e. The molecule has 0 aliphatic carbocycles. The summed E-state index contributed by atoms with van der Waals surface area (Å²) in [5.41, 5.74) is 0.865. The fraction of sp³-hybridized carbons (Fsp3) is 0.462. The Labute approximate surface area is 110 Å². The summed E-state index contributed by atoms with van der Waals surface area (Å²) in [4.78, 5) is 4.52. The van der Waals surface area contributed by atoms with Crippen LogP contribution in [-0.2, 0) is 0 Å². The van der Waals surface area contributed by atoms with E-state index >= 15 is 0 Å². The van der Waals surface area contributed by atoms with Crippen molar-refractivity contribution in [3.63, 3.8) is 0 Å². The molecule has 5 heteroatoms. The van der Waals surface area contributed by atoms with Gasteiger partial charge in [-0.3, -0.25) is 0 Å². The topological polar surface area (TPSA) is 57.2 Å². The first-order valence-electron chi connectivity index (χ1n) is 6.30. The van der Waals surface area contributed by atoms with Gasteiger partial charge < -0.3 is 15.7 Å². The standard InChI is InChI=1S/C13H17N3OS/c1-8-6-9(4-5-14-8)15-13-16-11-7-10(17)2-3-12(11)18-13/h2-3,7-9,14,17H,4-6H2,1H3,(H,15,16). The molecular formula is C13H17N3OS. The highest BCUT2D eigenvalue weighted by molar-refractivity contribution is 7.22. The van der Waals surface area contributed by atoms with Crippen molar-refractivity contribution >= 4 is 26.7 Å². The van der Waals surface area contributed by atoms with Gasteiger partial charge in [0, 0.05) is 18.2 Å². The van der Waals surface area contributed by atoms with Crippen LogP contribution < -0.4 is 10.6 Å². The van der Waals surface area contributed by atoms with Gasteiger partial charge in [0.05, 0.1) is 10.2 Å². The second kappa shape index (κ2) is 4.74. The molecule has 0 spiro atoms. The number of piperidine rings is 1. The summed E-state index contributed by atoms with van der Waals surface area (Å²) < 4.78 is 1.11. The van der Waals surface area contributed by atoms with Crippen LogP contribution >= 0.6 is 11.3 Å². The monoisotopic (exact) mass is 263 g/mol. The zero-order valence-corrected chi connectivity index (χ0v) is 11.1. The number of rotatable bonds is 2. The molecule has 2 atom stereocenters. The second-order valence-corrected chi connectivity index (χ2v) is 5.92. The van der Waals surface area contributed by atoms with Gasteiger partial charge in [-0.15, -0.1) is 0 Å². The van der Waals surface area contributed by atoms with Gasteiger partial charge in [0.15, 0.2) is 5.13 Å². The summed E-state index contributed by atoms with van der Waals surface area (Å²) in [6, 6.07) is 6.39. The first-order chi connectivity index (χ1) is 8.70. The molecule has 1 fully saturated rings. The summed E-state index contributed by atoms with van der Waals surface area (Å²) in [5.74, 6) is 0.273. The fourth-order valence-electron chi connectivity index (χ4n) is 2.42. The van der Waals surface area contributed by atoms with Gasteiger partial charge in [-0.2, -0.15) is 0 Å². The number of benzene rings is 1. The highest BCUT2D eigenvalue weighted by Gasteiger charge is 2.19. The minimum Gasteiger partial charge on any atom is -0.508 e. The average molecular weight is 263 g/mol. The highest BCUT2D eigenvalue weighted by Crippen LogP contribution is 2.29. The molecule has 3 N–H and O–H groups in total. The molecule has 0 bridgehead atoms. The van der Waals surface area contributed by atoms with Gasteiger partial charge in [0.1, 0.15) is 5.75 Å². The van der Waals surface area contributed by atoms with Crippen LogP contribution in [0, 0.1) is 0 Å². The van der Waals surface area contributed by atoms with E-state index < -0.39 is 0 Å². The number of phenolic OH excluding ortho intramolecular Hbond substituents is 1. The average Bonchev–Trinajstić information content (AvgIpc) is 2.70. The normalized spacial score (nSPS) is 24.3. The van der Waals surface area contributed by atoms with Crippen molar-refractivity contribution < 1.29 is 5.11 Å². The minimum absolute atomic E-state index is 0.273. The molecule has 1 aliphatic rings. The molecule has 2 aromatic rings. The summed E-state index contributed by atoms with van der Waals surface area (Å²) in [5, 5.41) is 17.3. The molecule has 1 aliphatic heterocycles. The van der Waals surface area contributed by atoms with E-state index in [1.807, 2.05) is 6.07 Å². The first kappa shape index (κ1) is 11.7. The maximum atomic E-state index is 9.43.